The van der Waals surface area contributed by atoms with Crippen molar-refractivity contribution in [2.45, 2.75) is 53.1 Å². The topological polar surface area (TPSA) is 86.8 Å². The molecule has 0 fully saturated rings. The lowest BCUT2D eigenvalue weighted by molar-refractivity contribution is -0.140. The zero-order chi connectivity index (χ0) is 27.0. The second-order valence-electron chi connectivity index (χ2n) is 9.30. The number of nitrogens with one attached hydrogen (secondary N) is 1. The molecule has 10 heteroatoms. The molecule has 2 aromatic carbocycles. The standard InChI is InChI=1S/C26H35F2N3O4S/c1-18(2)16-29-26(33)20(4)30(17-21-10-7-6-9-19(21)3)25(32)11-8-14-31(36(5,34)35)22-12-13-23(27)24(28)15-22/h6-7,9-10,12-13,15,18,20H,8,11,14,16-17H2,1-5H3,(H,29,33)/t20-/m0/s1. The summed E-state index contributed by atoms with van der Waals surface area (Å²) in [4.78, 5) is 27.5. The Morgan fingerprint density at radius 1 is 1.03 bits per heavy atom. The minimum Gasteiger partial charge on any atom is -0.354 e. The van der Waals surface area contributed by atoms with Gasteiger partial charge in [-0.3, -0.25) is 13.9 Å². The fourth-order valence-corrected chi connectivity index (χ4v) is 4.61. The van der Waals surface area contributed by atoms with Crippen LogP contribution in [-0.4, -0.2) is 50.5 Å². The van der Waals surface area contributed by atoms with Crippen molar-refractivity contribution in [1.29, 1.82) is 0 Å². The monoisotopic (exact) mass is 523 g/mol. The predicted molar refractivity (Wildman–Crippen MR) is 137 cm³/mol. The molecule has 2 rings (SSSR count). The van der Waals surface area contributed by atoms with E-state index in [-0.39, 0.29) is 49.4 Å². The molecule has 36 heavy (non-hydrogen) atoms. The van der Waals surface area contributed by atoms with E-state index in [1.165, 1.54) is 11.0 Å². The minimum atomic E-state index is -3.81. The number of hydrogen-bond donors (Lipinski definition) is 1. The number of rotatable bonds is 12. The average Bonchev–Trinajstić information content (AvgIpc) is 2.80. The molecule has 0 aromatic heterocycles. The highest BCUT2D eigenvalue weighted by Crippen LogP contribution is 2.22. The molecule has 0 spiro atoms. The molecule has 0 bridgehead atoms. The number of nitrogens with zero attached hydrogens (tertiary/aromatic N) is 2. The third-order valence-corrected chi connectivity index (χ3v) is 6.99. The lowest BCUT2D eigenvalue weighted by atomic mass is 10.1. The number of carbonyl (C=O) groups is 2. The van der Waals surface area contributed by atoms with Crippen LogP contribution >= 0.6 is 0 Å². The molecular formula is C26H35F2N3O4S. The maximum absolute atomic E-state index is 13.7. The van der Waals surface area contributed by atoms with E-state index in [0.29, 0.717) is 6.54 Å². The molecule has 7 nitrogen and oxygen atoms in total. The van der Waals surface area contributed by atoms with Crippen LogP contribution in [0.4, 0.5) is 14.5 Å². The van der Waals surface area contributed by atoms with Gasteiger partial charge in [0.15, 0.2) is 11.6 Å². The minimum absolute atomic E-state index is 0.0259. The molecule has 0 radical (unpaired) electrons. The van der Waals surface area contributed by atoms with Crippen molar-refractivity contribution in [3.8, 4) is 0 Å². The van der Waals surface area contributed by atoms with Gasteiger partial charge in [0.25, 0.3) is 0 Å². The van der Waals surface area contributed by atoms with Crippen LogP contribution in [0, 0.1) is 24.5 Å². The van der Waals surface area contributed by atoms with Crippen molar-refractivity contribution in [2.75, 3.05) is 23.7 Å². The Kier molecular flexibility index (Phi) is 10.4. The van der Waals surface area contributed by atoms with Crippen LogP contribution in [0.25, 0.3) is 0 Å². The first-order chi connectivity index (χ1) is 16.8. The van der Waals surface area contributed by atoms with Crippen LogP contribution in [0.15, 0.2) is 42.5 Å². The van der Waals surface area contributed by atoms with E-state index in [9.17, 15) is 26.8 Å². The van der Waals surface area contributed by atoms with Crippen LogP contribution in [0.3, 0.4) is 0 Å². The van der Waals surface area contributed by atoms with Gasteiger partial charge in [0.1, 0.15) is 6.04 Å². The van der Waals surface area contributed by atoms with E-state index in [2.05, 4.69) is 5.32 Å². The molecule has 0 unspecified atom stereocenters. The Hall–Kier alpha value is -3.01. The number of sulfonamides is 1. The summed E-state index contributed by atoms with van der Waals surface area (Å²) in [5.74, 6) is -2.59. The lowest BCUT2D eigenvalue weighted by Gasteiger charge is -2.30. The van der Waals surface area contributed by atoms with Crippen molar-refractivity contribution < 1.29 is 26.8 Å². The largest absolute Gasteiger partial charge is 0.354 e. The molecule has 2 amide bonds. The van der Waals surface area contributed by atoms with Gasteiger partial charge < -0.3 is 10.2 Å². The van der Waals surface area contributed by atoms with E-state index < -0.39 is 27.7 Å². The van der Waals surface area contributed by atoms with E-state index in [0.717, 1.165) is 33.8 Å². The molecule has 2 aromatic rings. The van der Waals surface area contributed by atoms with Gasteiger partial charge in [0, 0.05) is 32.1 Å². The van der Waals surface area contributed by atoms with Gasteiger partial charge in [-0.05, 0) is 49.4 Å². The van der Waals surface area contributed by atoms with Gasteiger partial charge >= 0.3 is 0 Å². The molecule has 0 saturated heterocycles. The summed E-state index contributed by atoms with van der Waals surface area (Å²) >= 11 is 0. The van der Waals surface area contributed by atoms with Crippen LogP contribution in [0.2, 0.25) is 0 Å². The van der Waals surface area contributed by atoms with Gasteiger partial charge in [0.2, 0.25) is 21.8 Å². The molecule has 0 aliphatic heterocycles. The number of benzene rings is 2. The van der Waals surface area contributed by atoms with Gasteiger partial charge in [-0.1, -0.05) is 38.1 Å². The van der Waals surface area contributed by atoms with Crippen LogP contribution in [0.5, 0.6) is 0 Å². The Morgan fingerprint density at radius 3 is 2.28 bits per heavy atom. The first kappa shape index (κ1) is 29.2. The molecule has 198 valence electrons. The van der Waals surface area contributed by atoms with Crippen LogP contribution < -0.4 is 9.62 Å². The quantitative estimate of drug-likeness (QED) is 0.456. The fourth-order valence-electron chi connectivity index (χ4n) is 3.65. The average molecular weight is 524 g/mol. The molecule has 0 aliphatic rings. The maximum Gasteiger partial charge on any atom is 0.242 e. The molecule has 0 saturated carbocycles. The second kappa shape index (κ2) is 12.8. The summed E-state index contributed by atoms with van der Waals surface area (Å²) in [5, 5.41) is 2.86. The second-order valence-corrected chi connectivity index (χ2v) is 11.2. The number of hydrogen-bond acceptors (Lipinski definition) is 4. The highest BCUT2D eigenvalue weighted by molar-refractivity contribution is 7.92. The Balaban J connectivity index is 2.19. The number of halogens is 2. The van der Waals surface area contributed by atoms with Crippen molar-refractivity contribution in [3.05, 3.63) is 65.2 Å². The lowest BCUT2D eigenvalue weighted by Crippen LogP contribution is -2.48. The van der Waals surface area contributed by atoms with E-state index >= 15 is 0 Å². The molecular weight excluding hydrogens is 488 g/mol. The van der Waals surface area contributed by atoms with Crippen molar-refractivity contribution in [2.24, 2.45) is 5.92 Å². The smallest absolute Gasteiger partial charge is 0.242 e. The highest BCUT2D eigenvalue weighted by Gasteiger charge is 2.27. The van der Waals surface area contributed by atoms with Gasteiger partial charge in [-0.2, -0.15) is 0 Å². The van der Waals surface area contributed by atoms with Gasteiger partial charge in [-0.15, -0.1) is 0 Å². The highest BCUT2D eigenvalue weighted by atomic mass is 32.2. The summed E-state index contributed by atoms with van der Waals surface area (Å²) in [7, 11) is -3.81. The Bertz CT molecular complexity index is 1170. The van der Waals surface area contributed by atoms with Crippen LogP contribution in [0.1, 0.15) is 44.7 Å². The van der Waals surface area contributed by atoms with E-state index in [1.54, 1.807) is 6.92 Å². The third-order valence-electron chi connectivity index (χ3n) is 5.80. The zero-order valence-electron chi connectivity index (χ0n) is 21.4. The zero-order valence-corrected chi connectivity index (χ0v) is 22.2. The molecule has 0 aliphatic carbocycles. The maximum atomic E-state index is 13.7. The number of aryl methyl sites for hydroxylation is 1. The summed E-state index contributed by atoms with van der Waals surface area (Å²) in [6.45, 7) is 8.13. The summed E-state index contributed by atoms with van der Waals surface area (Å²) < 4.78 is 52.6. The van der Waals surface area contributed by atoms with Gasteiger partial charge in [-0.25, -0.2) is 17.2 Å². The predicted octanol–water partition coefficient (Wildman–Crippen LogP) is 4.01. The number of amides is 2. The third kappa shape index (κ3) is 8.29. The molecule has 1 N–H and O–H groups in total. The normalized spacial score (nSPS) is 12.3. The van der Waals surface area contributed by atoms with Crippen molar-refractivity contribution in [3.63, 3.8) is 0 Å². The summed E-state index contributed by atoms with van der Waals surface area (Å²) in [6.07, 6.45) is 1.04. The molecule has 0 heterocycles. The fraction of sp³-hybridized carbons (Fsp3) is 0.462. The SMILES string of the molecule is Cc1ccccc1CN(C(=O)CCCN(c1ccc(F)c(F)c1)S(C)(=O)=O)[C@@H](C)C(=O)NCC(C)C. The van der Waals surface area contributed by atoms with Crippen LogP contribution in [-0.2, 0) is 26.2 Å². The first-order valence-electron chi connectivity index (χ1n) is 11.9. The van der Waals surface area contributed by atoms with E-state index in [4.69, 9.17) is 0 Å². The van der Waals surface area contributed by atoms with Crippen molar-refractivity contribution >= 4 is 27.5 Å². The molecule has 1 atom stereocenters. The number of anilines is 1. The number of carbonyl (C=O) groups excluding carboxylic acids is 2. The summed E-state index contributed by atoms with van der Waals surface area (Å²) in [6, 6.07) is 9.66. The van der Waals surface area contributed by atoms with Gasteiger partial charge in [0.05, 0.1) is 11.9 Å². The Labute approximate surface area is 212 Å². The van der Waals surface area contributed by atoms with E-state index in [1.807, 2.05) is 45.0 Å². The summed E-state index contributed by atoms with van der Waals surface area (Å²) in [5.41, 5.74) is 1.85. The first-order valence-corrected chi connectivity index (χ1v) is 13.7. The Morgan fingerprint density at radius 2 is 1.69 bits per heavy atom. The van der Waals surface area contributed by atoms with Crippen molar-refractivity contribution in [1.82, 2.24) is 10.2 Å².